The molecule has 0 saturated carbocycles. The zero-order valence-corrected chi connectivity index (χ0v) is 18.4. The van der Waals surface area contributed by atoms with Crippen LogP contribution in [-0.2, 0) is 16.1 Å². The predicted octanol–water partition coefficient (Wildman–Crippen LogP) is 3.41. The summed E-state index contributed by atoms with van der Waals surface area (Å²) in [7, 11) is 0. The summed E-state index contributed by atoms with van der Waals surface area (Å²) >= 11 is 0. The fourth-order valence-electron chi connectivity index (χ4n) is 3.38. The molecule has 1 aliphatic heterocycles. The minimum absolute atomic E-state index is 0.00239. The molecule has 12 heteroatoms. The maximum atomic E-state index is 13.0. The van der Waals surface area contributed by atoms with E-state index < -0.39 is 25.4 Å². The van der Waals surface area contributed by atoms with Crippen molar-refractivity contribution in [3.05, 3.63) is 53.2 Å². The summed E-state index contributed by atoms with van der Waals surface area (Å²) in [6.07, 6.45) is 0.389. The van der Waals surface area contributed by atoms with Gasteiger partial charge in [0.15, 0.2) is 0 Å². The standard InChI is InChI=1S/C22H24F4N4O4/c1-11(2)20(32)28-9-12-3-5-16(33-21(23)24)14(7-12)19-29-15(8-17(31)30-19)13-4-6-18(27-10-13)34-22(25)26/h3-7,10-11,15,19,21-22,29H,8-9H2,1-2H3,(H,28,32)(H,30,31). The van der Waals surface area contributed by atoms with Crippen molar-refractivity contribution in [2.24, 2.45) is 5.92 Å². The minimum atomic E-state index is -3.09. The first-order valence-corrected chi connectivity index (χ1v) is 10.4. The maximum Gasteiger partial charge on any atom is 0.388 e. The van der Waals surface area contributed by atoms with Crippen molar-refractivity contribution in [3.63, 3.8) is 0 Å². The lowest BCUT2D eigenvalue weighted by molar-refractivity contribution is -0.125. The molecular weight excluding hydrogens is 460 g/mol. The lowest BCUT2D eigenvalue weighted by atomic mass is 9.99. The number of nitrogens with one attached hydrogen (secondary N) is 3. The number of hydrogen-bond donors (Lipinski definition) is 3. The number of aromatic nitrogens is 1. The Kier molecular flexibility index (Phi) is 8.26. The molecule has 2 amide bonds. The van der Waals surface area contributed by atoms with Crippen LogP contribution in [0.25, 0.3) is 0 Å². The van der Waals surface area contributed by atoms with E-state index in [1.54, 1.807) is 19.9 Å². The zero-order chi connectivity index (χ0) is 24.8. The highest BCUT2D eigenvalue weighted by molar-refractivity contribution is 5.78. The third-order valence-corrected chi connectivity index (χ3v) is 5.03. The fourth-order valence-corrected chi connectivity index (χ4v) is 3.38. The van der Waals surface area contributed by atoms with Gasteiger partial charge in [0.05, 0.1) is 0 Å². The monoisotopic (exact) mass is 484 g/mol. The van der Waals surface area contributed by atoms with Gasteiger partial charge in [-0.15, -0.1) is 0 Å². The van der Waals surface area contributed by atoms with Crippen molar-refractivity contribution < 1.29 is 36.6 Å². The molecule has 1 aliphatic rings. The molecular formula is C22H24F4N4O4. The number of ether oxygens (including phenoxy) is 2. The summed E-state index contributed by atoms with van der Waals surface area (Å²) in [6, 6.07) is 6.57. The highest BCUT2D eigenvalue weighted by Crippen LogP contribution is 2.32. The Morgan fingerprint density at radius 1 is 1.15 bits per heavy atom. The molecule has 8 nitrogen and oxygen atoms in total. The van der Waals surface area contributed by atoms with Crippen molar-refractivity contribution in [1.29, 1.82) is 0 Å². The van der Waals surface area contributed by atoms with E-state index in [1.165, 1.54) is 30.5 Å². The summed E-state index contributed by atoms with van der Waals surface area (Å²) in [5.41, 5.74) is 1.36. The minimum Gasteiger partial charge on any atom is -0.434 e. The number of halogens is 4. The molecule has 1 aromatic heterocycles. The molecule has 0 spiro atoms. The summed E-state index contributed by atoms with van der Waals surface area (Å²) in [5.74, 6) is -1.20. The van der Waals surface area contributed by atoms with Crippen molar-refractivity contribution >= 4 is 11.8 Å². The Morgan fingerprint density at radius 2 is 1.88 bits per heavy atom. The van der Waals surface area contributed by atoms with Gasteiger partial charge in [-0.2, -0.15) is 17.6 Å². The average Bonchev–Trinajstić information content (AvgIpc) is 2.77. The first kappa shape index (κ1) is 25.2. The van der Waals surface area contributed by atoms with Crippen LogP contribution < -0.4 is 25.4 Å². The number of nitrogens with zero attached hydrogens (tertiary/aromatic N) is 1. The second-order valence-corrected chi connectivity index (χ2v) is 7.86. The second kappa shape index (κ2) is 11.1. The Balaban J connectivity index is 1.84. The summed E-state index contributed by atoms with van der Waals surface area (Å²) in [5, 5.41) is 8.56. The SMILES string of the molecule is CC(C)C(=O)NCc1ccc(OC(F)F)c(C2NC(=O)CC(c3ccc(OC(F)F)nc3)N2)c1. The third-order valence-electron chi connectivity index (χ3n) is 5.03. The molecule has 1 saturated heterocycles. The molecule has 2 atom stereocenters. The van der Waals surface area contributed by atoms with Crippen LogP contribution in [0.4, 0.5) is 17.6 Å². The van der Waals surface area contributed by atoms with Crippen molar-refractivity contribution in [2.45, 2.75) is 52.2 Å². The van der Waals surface area contributed by atoms with Crippen LogP contribution in [0, 0.1) is 5.92 Å². The quantitative estimate of drug-likeness (QED) is 0.472. The van der Waals surface area contributed by atoms with E-state index in [0.29, 0.717) is 11.1 Å². The fraction of sp³-hybridized carbons (Fsp3) is 0.409. The molecule has 1 fully saturated rings. The third kappa shape index (κ3) is 6.80. The van der Waals surface area contributed by atoms with Crippen LogP contribution in [0.1, 0.15) is 49.2 Å². The number of rotatable bonds is 9. The van der Waals surface area contributed by atoms with Crippen molar-refractivity contribution in [3.8, 4) is 11.6 Å². The topological polar surface area (TPSA) is 102 Å². The largest absolute Gasteiger partial charge is 0.434 e. The number of hydrogen-bond acceptors (Lipinski definition) is 6. The Hall–Kier alpha value is -3.41. The summed E-state index contributed by atoms with van der Waals surface area (Å²) in [4.78, 5) is 28.1. The molecule has 1 aromatic carbocycles. The Labute approximate surface area is 193 Å². The molecule has 3 rings (SSSR count). The Bertz CT molecular complexity index is 1000. The highest BCUT2D eigenvalue weighted by atomic mass is 19.3. The van der Waals surface area contributed by atoms with E-state index in [-0.39, 0.29) is 47.9 Å². The zero-order valence-electron chi connectivity index (χ0n) is 18.4. The number of carbonyl (C=O) groups is 2. The van der Waals surface area contributed by atoms with Gasteiger partial charge in [0.1, 0.15) is 11.9 Å². The molecule has 0 radical (unpaired) electrons. The lowest BCUT2D eigenvalue weighted by Gasteiger charge is -2.33. The predicted molar refractivity (Wildman–Crippen MR) is 112 cm³/mol. The van der Waals surface area contributed by atoms with Crippen molar-refractivity contribution in [2.75, 3.05) is 0 Å². The first-order valence-electron chi connectivity index (χ1n) is 10.4. The number of amides is 2. The second-order valence-electron chi connectivity index (χ2n) is 7.86. The van der Waals surface area contributed by atoms with Gasteiger partial charge in [0, 0.05) is 42.8 Å². The molecule has 2 aromatic rings. The number of pyridine rings is 1. The molecule has 2 heterocycles. The van der Waals surface area contributed by atoms with Crippen LogP contribution >= 0.6 is 0 Å². The van der Waals surface area contributed by atoms with Crippen LogP contribution in [0.5, 0.6) is 11.6 Å². The first-order chi connectivity index (χ1) is 16.1. The van der Waals surface area contributed by atoms with Crippen LogP contribution in [0.15, 0.2) is 36.5 Å². The van der Waals surface area contributed by atoms with Gasteiger partial charge in [-0.1, -0.05) is 26.0 Å². The number of benzene rings is 1. The molecule has 34 heavy (non-hydrogen) atoms. The molecule has 0 bridgehead atoms. The van der Waals surface area contributed by atoms with E-state index in [2.05, 4.69) is 30.4 Å². The maximum absolute atomic E-state index is 13.0. The number of carbonyl (C=O) groups excluding carboxylic acids is 2. The van der Waals surface area contributed by atoms with Gasteiger partial charge in [-0.25, -0.2) is 4.98 Å². The van der Waals surface area contributed by atoms with E-state index >= 15 is 0 Å². The normalized spacial score (nSPS) is 18.2. The average molecular weight is 484 g/mol. The van der Waals surface area contributed by atoms with Gasteiger partial charge in [0.2, 0.25) is 17.7 Å². The Morgan fingerprint density at radius 3 is 2.50 bits per heavy atom. The molecule has 0 aliphatic carbocycles. The molecule has 3 N–H and O–H groups in total. The van der Waals surface area contributed by atoms with E-state index in [1.807, 2.05) is 0 Å². The smallest absolute Gasteiger partial charge is 0.388 e. The summed E-state index contributed by atoms with van der Waals surface area (Å²) in [6.45, 7) is -2.48. The highest BCUT2D eigenvalue weighted by Gasteiger charge is 2.30. The summed E-state index contributed by atoms with van der Waals surface area (Å²) < 4.78 is 59.6. The van der Waals surface area contributed by atoms with Gasteiger partial charge in [-0.3, -0.25) is 14.9 Å². The van der Waals surface area contributed by atoms with E-state index in [9.17, 15) is 27.2 Å². The lowest BCUT2D eigenvalue weighted by Crippen LogP contribution is -2.46. The number of alkyl halides is 4. The van der Waals surface area contributed by atoms with Gasteiger partial charge < -0.3 is 20.1 Å². The van der Waals surface area contributed by atoms with Gasteiger partial charge in [0.25, 0.3) is 0 Å². The van der Waals surface area contributed by atoms with Crippen LogP contribution in [-0.4, -0.2) is 30.0 Å². The van der Waals surface area contributed by atoms with Crippen molar-refractivity contribution in [1.82, 2.24) is 20.9 Å². The van der Waals surface area contributed by atoms with E-state index in [4.69, 9.17) is 0 Å². The van der Waals surface area contributed by atoms with Crippen LogP contribution in [0.3, 0.4) is 0 Å². The van der Waals surface area contributed by atoms with Crippen LogP contribution in [0.2, 0.25) is 0 Å². The van der Waals surface area contributed by atoms with E-state index in [0.717, 1.165) is 0 Å². The molecule has 184 valence electrons. The molecule has 2 unspecified atom stereocenters. The van der Waals surface area contributed by atoms with Gasteiger partial charge in [-0.05, 0) is 23.3 Å². The van der Waals surface area contributed by atoms with Gasteiger partial charge >= 0.3 is 13.2 Å².